The van der Waals surface area contributed by atoms with Gasteiger partial charge >= 0.3 is 0 Å². The summed E-state index contributed by atoms with van der Waals surface area (Å²) in [6.45, 7) is 0. The molecule has 4 rings (SSSR count). The van der Waals surface area contributed by atoms with Crippen LogP contribution in [0.4, 0.5) is 5.69 Å². The van der Waals surface area contributed by atoms with Crippen LogP contribution < -0.4 is 5.43 Å². The van der Waals surface area contributed by atoms with Crippen LogP contribution in [0.25, 0.3) is 22.0 Å². The van der Waals surface area contributed by atoms with Gasteiger partial charge in [-0.2, -0.15) is 10.4 Å². The summed E-state index contributed by atoms with van der Waals surface area (Å²) in [5.74, 6) is 0. The zero-order chi connectivity index (χ0) is 18.6. The van der Waals surface area contributed by atoms with Crippen molar-refractivity contribution >= 4 is 45.1 Å². The molecule has 0 atom stereocenters. The maximum Gasteiger partial charge on any atom is 0.196 e. The fraction of sp³-hybridized carbons (Fsp3) is 0. The van der Waals surface area contributed by atoms with Gasteiger partial charge in [0.05, 0.1) is 11.4 Å². The van der Waals surface area contributed by atoms with E-state index in [1.807, 2.05) is 23.6 Å². The fourth-order valence-electron chi connectivity index (χ4n) is 2.63. The smallest absolute Gasteiger partial charge is 0.196 e. The van der Waals surface area contributed by atoms with Crippen molar-refractivity contribution in [3.05, 3.63) is 82.1 Å². The molecule has 4 nitrogen and oxygen atoms in total. The number of nitriles is 1. The Balaban J connectivity index is 1.60. The molecule has 0 saturated carbocycles. The van der Waals surface area contributed by atoms with E-state index in [9.17, 15) is 5.26 Å². The summed E-state index contributed by atoms with van der Waals surface area (Å²) >= 11 is 7.27. The van der Waals surface area contributed by atoms with Gasteiger partial charge in [-0.3, -0.25) is 5.43 Å². The van der Waals surface area contributed by atoms with Crippen molar-refractivity contribution in [3.8, 4) is 17.3 Å². The Morgan fingerprint density at radius 1 is 1.04 bits per heavy atom. The number of halogens is 1. The molecule has 0 amide bonds. The first-order valence-electron chi connectivity index (χ1n) is 8.17. The minimum atomic E-state index is 0.238. The molecule has 0 fully saturated rings. The molecule has 3 aromatic carbocycles. The van der Waals surface area contributed by atoms with E-state index in [1.54, 1.807) is 24.3 Å². The Hall–Kier alpha value is -3.20. The third-order valence-corrected chi connectivity index (χ3v) is 5.10. The third-order valence-electron chi connectivity index (χ3n) is 4.00. The second kappa shape index (κ2) is 7.58. The molecule has 0 aliphatic heterocycles. The number of fused-ring (bicyclic) bond motifs is 1. The number of hydrogen-bond acceptors (Lipinski definition) is 5. The summed E-state index contributed by atoms with van der Waals surface area (Å²) < 4.78 is 0. The molecule has 1 N–H and O–H groups in total. The summed E-state index contributed by atoms with van der Waals surface area (Å²) in [7, 11) is 0. The van der Waals surface area contributed by atoms with Crippen LogP contribution in [0, 0.1) is 11.3 Å². The van der Waals surface area contributed by atoms with Gasteiger partial charge in [-0.1, -0.05) is 48.0 Å². The van der Waals surface area contributed by atoms with Crippen LogP contribution in [0.5, 0.6) is 0 Å². The number of aromatic nitrogens is 1. The van der Waals surface area contributed by atoms with Gasteiger partial charge in [-0.25, -0.2) is 4.98 Å². The van der Waals surface area contributed by atoms with E-state index in [0.29, 0.717) is 10.0 Å². The average Bonchev–Trinajstić information content (AvgIpc) is 3.19. The monoisotopic (exact) mass is 388 g/mol. The maximum atomic E-state index is 9.45. The van der Waals surface area contributed by atoms with Gasteiger partial charge in [-0.15, -0.1) is 11.3 Å². The highest BCUT2D eigenvalue weighted by atomic mass is 35.5. The lowest BCUT2D eigenvalue weighted by molar-refractivity contribution is 1.31. The topological polar surface area (TPSA) is 61.1 Å². The van der Waals surface area contributed by atoms with Gasteiger partial charge in [0, 0.05) is 16.0 Å². The zero-order valence-corrected chi connectivity index (χ0v) is 15.6. The van der Waals surface area contributed by atoms with E-state index in [2.05, 4.69) is 45.8 Å². The Morgan fingerprint density at radius 2 is 1.81 bits per heavy atom. The van der Waals surface area contributed by atoms with Crippen molar-refractivity contribution in [1.29, 1.82) is 5.26 Å². The summed E-state index contributed by atoms with van der Waals surface area (Å²) in [4.78, 5) is 4.59. The van der Waals surface area contributed by atoms with Crippen molar-refractivity contribution in [2.24, 2.45) is 5.10 Å². The van der Waals surface area contributed by atoms with Crippen LogP contribution >= 0.6 is 22.9 Å². The second-order valence-corrected chi connectivity index (χ2v) is 7.09. The molecule has 6 heteroatoms. The van der Waals surface area contributed by atoms with E-state index in [4.69, 9.17) is 11.6 Å². The maximum absolute atomic E-state index is 9.45. The number of nitrogens with one attached hydrogen (secondary N) is 1. The molecule has 0 spiro atoms. The standard InChI is InChI=1S/C21H13ClN4S/c22-17-7-9-18(10-8-17)25-26-19(12-23)21-24-20(13-27-21)16-6-5-14-3-1-2-4-15(14)11-16/h1-11,13,25H/b26-19+. The number of nitrogens with zero attached hydrogens (tertiary/aromatic N) is 3. The molecule has 0 aliphatic rings. The van der Waals surface area contributed by atoms with Crippen molar-refractivity contribution in [2.45, 2.75) is 0 Å². The Morgan fingerprint density at radius 3 is 2.59 bits per heavy atom. The Labute approximate surface area is 165 Å². The van der Waals surface area contributed by atoms with Crippen LogP contribution in [-0.4, -0.2) is 10.7 Å². The predicted molar refractivity (Wildman–Crippen MR) is 112 cm³/mol. The first-order chi connectivity index (χ1) is 13.2. The van der Waals surface area contributed by atoms with Crippen LogP contribution in [0.3, 0.4) is 0 Å². The first-order valence-corrected chi connectivity index (χ1v) is 9.43. The van der Waals surface area contributed by atoms with Gasteiger partial charge in [0.15, 0.2) is 10.7 Å². The third kappa shape index (κ3) is 3.82. The Kier molecular flexibility index (Phi) is 4.84. The number of thiazole rings is 1. The Bertz CT molecular complexity index is 1170. The van der Waals surface area contributed by atoms with Gasteiger partial charge in [0.2, 0.25) is 0 Å². The molecule has 0 radical (unpaired) electrons. The molecule has 0 unspecified atom stereocenters. The largest absolute Gasteiger partial charge is 0.277 e. The normalized spacial score (nSPS) is 11.3. The van der Waals surface area contributed by atoms with Gasteiger partial charge < -0.3 is 0 Å². The van der Waals surface area contributed by atoms with E-state index >= 15 is 0 Å². The molecule has 0 bridgehead atoms. The molecule has 130 valence electrons. The molecule has 1 heterocycles. The number of rotatable bonds is 4. The van der Waals surface area contributed by atoms with E-state index in [-0.39, 0.29) is 5.71 Å². The van der Waals surface area contributed by atoms with Crippen LogP contribution in [0.1, 0.15) is 5.01 Å². The molecular formula is C21H13ClN4S. The van der Waals surface area contributed by atoms with Crippen molar-refractivity contribution < 1.29 is 0 Å². The number of hydrazone groups is 1. The molecule has 27 heavy (non-hydrogen) atoms. The highest BCUT2D eigenvalue weighted by molar-refractivity contribution is 7.12. The molecule has 4 aromatic rings. The van der Waals surface area contributed by atoms with Crippen LogP contribution in [-0.2, 0) is 0 Å². The summed E-state index contributed by atoms with van der Waals surface area (Å²) in [6.07, 6.45) is 0. The van der Waals surface area contributed by atoms with Crippen molar-refractivity contribution in [2.75, 3.05) is 5.43 Å². The number of benzene rings is 3. The number of hydrogen-bond donors (Lipinski definition) is 1. The van der Waals surface area contributed by atoms with E-state index in [0.717, 1.165) is 22.3 Å². The van der Waals surface area contributed by atoms with E-state index in [1.165, 1.54) is 16.7 Å². The summed E-state index contributed by atoms with van der Waals surface area (Å²) in [5, 5.41) is 19.1. The van der Waals surface area contributed by atoms with Crippen LogP contribution in [0.15, 0.2) is 77.2 Å². The molecular weight excluding hydrogens is 376 g/mol. The average molecular weight is 389 g/mol. The quantitative estimate of drug-likeness (QED) is 0.346. The molecule has 0 aliphatic carbocycles. The van der Waals surface area contributed by atoms with Gasteiger partial charge in [-0.05, 0) is 41.1 Å². The van der Waals surface area contributed by atoms with Crippen LogP contribution in [0.2, 0.25) is 5.02 Å². The lowest BCUT2D eigenvalue weighted by Crippen LogP contribution is -2.01. The molecule has 0 saturated heterocycles. The lowest BCUT2D eigenvalue weighted by atomic mass is 10.1. The minimum Gasteiger partial charge on any atom is -0.277 e. The highest BCUT2D eigenvalue weighted by Crippen LogP contribution is 2.26. The van der Waals surface area contributed by atoms with Crippen molar-refractivity contribution in [1.82, 2.24) is 4.98 Å². The SMILES string of the molecule is N#C/C(=N\Nc1ccc(Cl)cc1)c1nc(-c2ccc3ccccc3c2)cs1. The summed E-state index contributed by atoms with van der Waals surface area (Å²) in [5.41, 5.74) is 5.70. The van der Waals surface area contributed by atoms with Gasteiger partial charge in [0.1, 0.15) is 6.07 Å². The second-order valence-electron chi connectivity index (χ2n) is 5.79. The van der Waals surface area contributed by atoms with Gasteiger partial charge in [0.25, 0.3) is 0 Å². The highest BCUT2D eigenvalue weighted by Gasteiger charge is 2.11. The predicted octanol–water partition coefficient (Wildman–Crippen LogP) is 5.96. The van der Waals surface area contributed by atoms with E-state index < -0.39 is 0 Å². The first kappa shape index (κ1) is 17.2. The minimum absolute atomic E-state index is 0.238. The zero-order valence-electron chi connectivity index (χ0n) is 14.1. The molecule has 1 aromatic heterocycles. The number of anilines is 1. The fourth-order valence-corrected chi connectivity index (χ4v) is 3.52. The van der Waals surface area contributed by atoms with Crippen molar-refractivity contribution in [3.63, 3.8) is 0 Å². The summed E-state index contributed by atoms with van der Waals surface area (Å²) in [6, 6.07) is 23.6. The lowest BCUT2D eigenvalue weighted by Gasteiger charge is -2.01.